The largest absolute Gasteiger partial charge is 0.342 e. The van der Waals surface area contributed by atoms with Gasteiger partial charge in [-0.15, -0.1) is 0 Å². The van der Waals surface area contributed by atoms with E-state index in [1.54, 1.807) is 29.1 Å². The molecule has 2 heterocycles. The molecule has 26 heavy (non-hydrogen) atoms. The molecule has 0 radical (unpaired) electrons. The number of rotatable bonds is 4. The van der Waals surface area contributed by atoms with E-state index < -0.39 is 0 Å². The summed E-state index contributed by atoms with van der Waals surface area (Å²) >= 11 is 0. The Morgan fingerprint density at radius 1 is 1.12 bits per heavy atom. The number of hydrogen-bond donors (Lipinski definition) is 2. The lowest BCUT2D eigenvalue weighted by molar-refractivity contribution is 0.0926. The topological polar surface area (TPSA) is 85.3 Å². The molecular formula is C20H19N5O. The van der Waals surface area contributed by atoms with Crippen LogP contribution in [0.15, 0.2) is 67.1 Å². The molecule has 2 aromatic heterocycles. The van der Waals surface area contributed by atoms with Crippen LogP contribution in [0.5, 0.6) is 0 Å². The summed E-state index contributed by atoms with van der Waals surface area (Å²) in [6.45, 7) is 1.88. The number of nitrogens with two attached hydrogens (primary N) is 1. The third-order valence-corrected chi connectivity index (χ3v) is 4.44. The highest BCUT2D eigenvalue weighted by Crippen LogP contribution is 2.22. The summed E-state index contributed by atoms with van der Waals surface area (Å²) in [5.41, 5.74) is 7.44. The van der Waals surface area contributed by atoms with Crippen molar-refractivity contribution in [2.24, 2.45) is 5.73 Å². The summed E-state index contributed by atoms with van der Waals surface area (Å²) in [7, 11) is 0. The van der Waals surface area contributed by atoms with Crippen LogP contribution in [0, 0.1) is 0 Å². The van der Waals surface area contributed by atoms with Gasteiger partial charge in [-0.3, -0.25) is 9.20 Å². The van der Waals surface area contributed by atoms with Crippen LogP contribution in [0.4, 0.5) is 0 Å². The Balaban J connectivity index is 1.64. The van der Waals surface area contributed by atoms with Gasteiger partial charge in [-0.05, 0) is 35.4 Å². The lowest BCUT2D eigenvalue weighted by Crippen LogP contribution is -2.39. The maximum atomic E-state index is 12.7. The van der Waals surface area contributed by atoms with E-state index in [-0.39, 0.29) is 18.0 Å². The minimum absolute atomic E-state index is 0.254. The summed E-state index contributed by atoms with van der Waals surface area (Å²) in [5.74, 6) is 0.215. The van der Waals surface area contributed by atoms with Gasteiger partial charge in [-0.25, -0.2) is 9.97 Å². The number of hydrogen-bond acceptors (Lipinski definition) is 4. The predicted octanol–water partition coefficient (Wildman–Crippen LogP) is 2.70. The molecule has 6 nitrogen and oxygen atoms in total. The number of fused-ring (bicyclic) bond motifs is 2. The van der Waals surface area contributed by atoms with E-state index in [1.807, 2.05) is 37.3 Å². The molecule has 3 N–H and O–H groups in total. The van der Waals surface area contributed by atoms with Gasteiger partial charge in [-0.2, -0.15) is 0 Å². The lowest BCUT2D eigenvalue weighted by atomic mass is 9.97. The number of aromatic nitrogens is 3. The Bertz CT molecular complexity index is 1090. The Hall–Kier alpha value is -3.25. The van der Waals surface area contributed by atoms with E-state index in [2.05, 4.69) is 27.4 Å². The summed E-state index contributed by atoms with van der Waals surface area (Å²) in [6.07, 6.45) is 5.19. The van der Waals surface area contributed by atoms with E-state index in [0.717, 1.165) is 16.3 Å². The van der Waals surface area contributed by atoms with Crippen LogP contribution in [0.1, 0.15) is 29.0 Å². The zero-order valence-corrected chi connectivity index (χ0v) is 14.3. The van der Waals surface area contributed by atoms with Crippen molar-refractivity contribution in [2.75, 3.05) is 0 Å². The summed E-state index contributed by atoms with van der Waals surface area (Å²) in [5, 5.41) is 5.27. The minimum atomic E-state index is -0.315. The molecule has 130 valence electrons. The molecule has 0 fully saturated rings. The average molecular weight is 345 g/mol. The SMILES string of the molecule is CC(N)C(NC(=O)c1ccn2ccnc2n1)c1ccc2ccccc2c1. The van der Waals surface area contributed by atoms with E-state index >= 15 is 0 Å². The van der Waals surface area contributed by atoms with Crippen molar-refractivity contribution in [1.29, 1.82) is 0 Å². The molecule has 4 rings (SSSR count). The van der Waals surface area contributed by atoms with Crippen LogP contribution in [0.3, 0.4) is 0 Å². The number of carbonyl (C=O) groups is 1. The van der Waals surface area contributed by atoms with Gasteiger partial charge in [-0.1, -0.05) is 36.4 Å². The molecule has 0 aliphatic heterocycles. The zero-order chi connectivity index (χ0) is 18.1. The Morgan fingerprint density at radius 2 is 1.92 bits per heavy atom. The molecule has 4 aromatic rings. The number of imidazole rings is 1. The van der Waals surface area contributed by atoms with Crippen LogP contribution < -0.4 is 11.1 Å². The van der Waals surface area contributed by atoms with Crippen LogP contribution in [0.2, 0.25) is 0 Å². The number of amides is 1. The first kappa shape index (κ1) is 16.2. The monoisotopic (exact) mass is 345 g/mol. The molecule has 2 atom stereocenters. The van der Waals surface area contributed by atoms with Gasteiger partial charge in [0.05, 0.1) is 6.04 Å². The zero-order valence-electron chi connectivity index (χ0n) is 14.3. The van der Waals surface area contributed by atoms with E-state index in [1.165, 1.54) is 0 Å². The fourth-order valence-corrected chi connectivity index (χ4v) is 3.07. The van der Waals surface area contributed by atoms with Gasteiger partial charge in [0.2, 0.25) is 5.78 Å². The van der Waals surface area contributed by atoms with Crippen molar-refractivity contribution in [3.63, 3.8) is 0 Å². The summed E-state index contributed by atoms with van der Waals surface area (Å²) in [6, 6.07) is 15.3. The van der Waals surface area contributed by atoms with Gasteiger partial charge in [0.15, 0.2) is 0 Å². The standard InChI is InChI=1S/C20H19N5O/c1-13(21)18(16-7-6-14-4-2-3-5-15(14)12-16)24-19(26)17-8-10-25-11-9-22-20(25)23-17/h2-13,18H,21H2,1H3,(H,24,26). The van der Waals surface area contributed by atoms with Crippen molar-refractivity contribution >= 4 is 22.5 Å². The van der Waals surface area contributed by atoms with E-state index in [4.69, 9.17) is 5.73 Å². The number of carbonyl (C=O) groups excluding carboxylic acids is 1. The van der Waals surface area contributed by atoms with Crippen molar-refractivity contribution < 1.29 is 4.79 Å². The summed E-state index contributed by atoms with van der Waals surface area (Å²) < 4.78 is 1.75. The second-order valence-electron chi connectivity index (χ2n) is 6.36. The number of benzene rings is 2. The highest BCUT2D eigenvalue weighted by molar-refractivity contribution is 5.93. The van der Waals surface area contributed by atoms with Crippen LogP contribution in [-0.2, 0) is 0 Å². The molecule has 0 bridgehead atoms. The van der Waals surface area contributed by atoms with E-state index in [0.29, 0.717) is 11.5 Å². The quantitative estimate of drug-likeness (QED) is 0.595. The summed E-state index contributed by atoms with van der Waals surface area (Å²) in [4.78, 5) is 21.1. The highest BCUT2D eigenvalue weighted by Gasteiger charge is 2.21. The lowest BCUT2D eigenvalue weighted by Gasteiger charge is -2.23. The molecule has 0 spiro atoms. The molecule has 0 saturated carbocycles. The number of nitrogens with zero attached hydrogens (tertiary/aromatic N) is 3. The van der Waals surface area contributed by atoms with Gasteiger partial charge < -0.3 is 11.1 Å². The molecule has 0 saturated heterocycles. The molecule has 6 heteroatoms. The first-order valence-electron chi connectivity index (χ1n) is 8.47. The van der Waals surface area contributed by atoms with Crippen LogP contribution >= 0.6 is 0 Å². The highest BCUT2D eigenvalue weighted by atomic mass is 16.2. The molecule has 2 aromatic carbocycles. The fraction of sp³-hybridized carbons (Fsp3) is 0.150. The Labute approximate surface area is 150 Å². The van der Waals surface area contributed by atoms with Gasteiger partial charge in [0, 0.05) is 24.6 Å². The van der Waals surface area contributed by atoms with Crippen molar-refractivity contribution in [3.05, 3.63) is 78.4 Å². The maximum Gasteiger partial charge on any atom is 0.270 e. The Morgan fingerprint density at radius 3 is 2.73 bits per heavy atom. The third-order valence-electron chi connectivity index (χ3n) is 4.44. The molecule has 0 aliphatic carbocycles. The molecule has 1 amide bonds. The van der Waals surface area contributed by atoms with Crippen molar-refractivity contribution in [2.45, 2.75) is 19.0 Å². The van der Waals surface area contributed by atoms with Gasteiger partial charge >= 0.3 is 0 Å². The first-order chi connectivity index (χ1) is 12.6. The second-order valence-corrected chi connectivity index (χ2v) is 6.36. The third kappa shape index (κ3) is 3.02. The smallest absolute Gasteiger partial charge is 0.270 e. The number of nitrogens with one attached hydrogen (secondary N) is 1. The average Bonchev–Trinajstić information content (AvgIpc) is 3.13. The normalized spacial score (nSPS) is 13.6. The predicted molar refractivity (Wildman–Crippen MR) is 101 cm³/mol. The van der Waals surface area contributed by atoms with Crippen molar-refractivity contribution in [1.82, 2.24) is 19.7 Å². The van der Waals surface area contributed by atoms with Gasteiger partial charge in [0.1, 0.15) is 5.69 Å². The molecule has 2 unspecified atom stereocenters. The maximum absolute atomic E-state index is 12.7. The van der Waals surface area contributed by atoms with E-state index in [9.17, 15) is 4.79 Å². The minimum Gasteiger partial charge on any atom is -0.342 e. The van der Waals surface area contributed by atoms with Gasteiger partial charge in [0.25, 0.3) is 5.91 Å². The molecular weight excluding hydrogens is 326 g/mol. The molecule has 0 aliphatic rings. The fourth-order valence-electron chi connectivity index (χ4n) is 3.07. The Kier molecular flexibility index (Phi) is 4.10. The van der Waals surface area contributed by atoms with Crippen molar-refractivity contribution in [3.8, 4) is 0 Å². The van der Waals surface area contributed by atoms with Crippen LogP contribution in [0.25, 0.3) is 16.6 Å². The van der Waals surface area contributed by atoms with Crippen LogP contribution in [-0.4, -0.2) is 26.3 Å². The second kappa shape index (κ2) is 6.57. The first-order valence-corrected chi connectivity index (χ1v) is 8.47.